The van der Waals surface area contributed by atoms with E-state index < -0.39 is 35.9 Å². The van der Waals surface area contributed by atoms with Gasteiger partial charge in [0.25, 0.3) is 3.25 Å². The van der Waals surface area contributed by atoms with Crippen LogP contribution in [0, 0.1) is 65.0 Å². The number of benzene rings is 3. The first-order valence-electron chi connectivity index (χ1n) is 14.4. The summed E-state index contributed by atoms with van der Waals surface area (Å²) in [6, 6.07) is 8.68. The lowest BCUT2D eigenvalue weighted by molar-refractivity contribution is -0.385. The van der Waals surface area contributed by atoms with Gasteiger partial charge >= 0.3 is 35.0 Å². The van der Waals surface area contributed by atoms with Crippen molar-refractivity contribution in [2.24, 2.45) is 0 Å². The van der Waals surface area contributed by atoms with Crippen LogP contribution in [0.5, 0.6) is 17.2 Å². The Morgan fingerprint density at radius 1 is 0.585 bits per heavy atom. The molecule has 0 spiro atoms. The molecule has 0 aliphatic heterocycles. The minimum absolute atomic E-state index is 0.00407. The fraction of sp³-hybridized carbons (Fsp3) is 0.303. The molecular weight excluding hydrogens is 852 g/mol. The van der Waals surface area contributed by atoms with Gasteiger partial charge < -0.3 is 14.2 Å². The van der Waals surface area contributed by atoms with Gasteiger partial charge in [-0.25, -0.2) is 0 Å². The molecule has 15 nitrogen and oxygen atoms in total. The Balaban J connectivity index is 0. The van der Waals surface area contributed by atoms with Gasteiger partial charge in [0.1, 0.15) is 0 Å². The second-order valence-electron chi connectivity index (χ2n) is 10.2. The molecule has 0 amide bonds. The maximum atomic E-state index is 10.8. The number of hydrogen-bond acceptors (Lipinski definition) is 12. The Morgan fingerprint density at radius 2 is 0.811 bits per heavy atom. The van der Waals surface area contributed by atoms with Crippen LogP contribution in [-0.4, -0.2) is 35.9 Å². The van der Waals surface area contributed by atoms with E-state index in [4.69, 9.17) is 60.6 Å². The SMILES string of the molecule is C=C.CC(=O)Oc1cc(C)c(C)cc1[N+](=O)[O-].CC(=O)Oc1cc(C)c(C)cc1[N+](=O)[O-].CC(=O)Oc1cc(CBr)c(C)cc1[N+](=O)[O-].ClC(Cl)(Cl)Cl. The third kappa shape index (κ3) is 20.5. The molecule has 0 atom stereocenters. The zero-order chi connectivity index (χ0) is 42.0. The Hall–Kier alpha value is -4.35. The van der Waals surface area contributed by atoms with Crippen LogP contribution in [0.25, 0.3) is 0 Å². The lowest BCUT2D eigenvalue weighted by atomic mass is 10.1. The van der Waals surface area contributed by atoms with Crippen LogP contribution in [0.1, 0.15) is 54.2 Å². The van der Waals surface area contributed by atoms with Crippen molar-refractivity contribution in [3.63, 3.8) is 0 Å². The summed E-state index contributed by atoms with van der Waals surface area (Å²) in [5.41, 5.74) is 4.32. The molecular formula is C33H36BrCl4N3O12. The molecule has 20 heteroatoms. The van der Waals surface area contributed by atoms with Crippen molar-refractivity contribution < 1.29 is 43.4 Å². The van der Waals surface area contributed by atoms with Crippen molar-refractivity contribution in [1.82, 2.24) is 0 Å². The number of carbonyl (C=O) groups is 3. The zero-order valence-corrected chi connectivity index (χ0v) is 34.3. The standard InChI is InChI=1S/C10H10BrNO4.2C10H11NO4.C2H4.CCl4/c1-6-3-9(12(14)15)10(16-7(2)13)4-8(6)5-11;2*1-6-4-9(11(13)14)10(5-7(6)2)15-8(3)12;1-2;2-1(3,4)5/h3-4H,5H2,1-2H3;2*4-5H,1-3H3;1-2H2;. The molecule has 0 radical (unpaired) electrons. The number of nitro groups is 3. The number of esters is 3. The van der Waals surface area contributed by atoms with Crippen molar-refractivity contribution in [1.29, 1.82) is 0 Å². The summed E-state index contributed by atoms with van der Waals surface area (Å²) >= 11 is 22.6. The van der Waals surface area contributed by atoms with Crippen molar-refractivity contribution >= 4 is 97.3 Å². The number of ether oxygens (including phenoxy) is 3. The van der Waals surface area contributed by atoms with Crippen LogP contribution in [0.15, 0.2) is 49.6 Å². The van der Waals surface area contributed by atoms with E-state index in [2.05, 4.69) is 29.1 Å². The largest absolute Gasteiger partial charge is 0.419 e. The highest BCUT2D eigenvalue weighted by molar-refractivity contribution is 9.08. The van der Waals surface area contributed by atoms with E-state index >= 15 is 0 Å². The predicted octanol–water partition coefficient (Wildman–Crippen LogP) is 10.4. The topological polar surface area (TPSA) is 208 Å². The van der Waals surface area contributed by atoms with Gasteiger partial charge in [0.2, 0.25) is 17.2 Å². The number of hydrogen-bond donors (Lipinski definition) is 0. The number of rotatable bonds is 7. The second-order valence-corrected chi connectivity index (χ2v) is 14.2. The molecule has 0 N–H and O–H groups in total. The molecule has 0 unspecified atom stereocenters. The van der Waals surface area contributed by atoms with E-state index in [1.807, 2.05) is 0 Å². The summed E-state index contributed by atoms with van der Waals surface area (Å²) in [6.07, 6.45) is 0. The normalized spacial score (nSPS) is 9.75. The van der Waals surface area contributed by atoms with Gasteiger partial charge in [0.15, 0.2) is 0 Å². The zero-order valence-electron chi connectivity index (χ0n) is 29.7. The smallest absolute Gasteiger partial charge is 0.311 e. The van der Waals surface area contributed by atoms with Crippen LogP contribution in [0.2, 0.25) is 0 Å². The number of halogens is 5. The average Bonchev–Trinajstić information content (AvgIpc) is 3.01. The number of nitro benzene ring substituents is 3. The lowest BCUT2D eigenvalue weighted by Crippen LogP contribution is -2.05. The molecule has 53 heavy (non-hydrogen) atoms. The quantitative estimate of drug-likeness (QED) is 0.0542. The highest BCUT2D eigenvalue weighted by Gasteiger charge is 2.20. The first kappa shape index (κ1) is 50.8. The summed E-state index contributed by atoms with van der Waals surface area (Å²) in [7, 11) is 0. The summed E-state index contributed by atoms with van der Waals surface area (Å²) < 4.78 is 12.7. The first-order valence-corrected chi connectivity index (χ1v) is 17.1. The number of nitrogens with zero attached hydrogens (tertiary/aromatic N) is 3. The minimum Gasteiger partial charge on any atom is -0.419 e. The molecule has 3 aromatic carbocycles. The molecule has 290 valence electrons. The van der Waals surface area contributed by atoms with Crippen LogP contribution in [-0.2, 0) is 19.7 Å². The van der Waals surface area contributed by atoms with Gasteiger partial charge in [-0.15, -0.1) is 13.2 Å². The van der Waals surface area contributed by atoms with Gasteiger partial charge in [-0.3, -0.25) is 44.7 Å². The van der Waals surface area contributed by atoms with Gasteiger partial charge in [-0.2, -0.15) is 0 Å². The van der Waals surface area contributed by atoms with E-state index in [1.165, 1.54) is 57.2 Å². The van der Waals surface area contributed by atoms with Gasteiger partial charge in [0.05, 0.1) is 14.8 Å². The van der Waals surface area contributed by atoms with Crippen LogP contribution < -0.4 is 14.2 Å². The molecule has 3 rings (SSSR count). The highest BCUT2D eigenvalue weighted by Crippen LogP contribution is 2.33. The van der Waals surface area contributed by atoms with E-state index in [-0.39, 0.29) is 34.3 Å². The molecule has 0 aliphatic carbocycles. The first-order chi connectivity index (χ1) is 24.3. The van der Waals surface area contributed by atoms with Crippen LogP contribution in [0.3, 0.4) is 0 Å². The van der Waals surface area contributed by atoms with Crippen LogP contribution in [0.4, 0.5) is 17.1 Å². The molecule has 0 aliphatic rings. The summed E-state index contributed by atoms with van der Waals surface area (Å²) in [6.45, 7) is 18.5. The number of carbonyl (C=O) groups excluding carboxylic acids is 3. The fourth-order valence-electron chi connectivity index (χ4n) is 3.55. The van der Waals surface area contributed by atoms with Crippen molar-refractivity contribution in [3.05, 3.63) is 113 Å². The summed E-state index contributed by atoms with van der Waals surface area (Å²) in [5, 5.41) is 32.7. The minimum atomic E-state index is -1.61. The lowest BCUT2D eigenvalue weighted by Gasteiger charge is -2.07. The maximum absolute atomic E-state index is 10.8. The number of alkyl halides is 5. The monoisotopic (exact) mass is 885 g/mol. The number of aryl methyl sites for hydroxylation is 5. The third-order valence-corrected chi connectivity index (χ3v) is 6.67. The second kappa shape index (κ2) is 24.1. The van der Waals surface area contributed by atoms with Crippen molar-refractivity contribution in [2.75, 3.05) is 0 Å². The van der Waals surface area contributed by atoms with E-state index in [1.54, 1.807) is 34.6 Å². The fourth-order valence-corrected chi connectivity index (χ4v) is 4.15. The van der Waals surface area contributed by atoms with Gasteiger partial charge in [-0.05, 0) is 86.2 Å². The Bertz CT molecular complexity index is 1730. The van der Waals surface area contributed by atoms with Gasteiger partial charge in [0, 0.05) is 44.3 Å². The molecule has 3 aromatic rings. The maximum Gasteiger partial charge on any atom is 0.311 e. The Labute approximate surface area is 333 Å². The van der Waals surface area contributed by atoms with Crippen LogP contribution >= 0.6 is 62.3 Å². The molecule has 0 bridgehead atoms. The predicted molar refractivity (Wildman–Crippen MR) is 207 cm³/mol. The van der Waals surface area contributed by atoms with E-state index in [0.717, 1.165) is 33.4 Å². The molecule has 0 saturated heterocycles. The van der Waals surface area contributed by atoms with Crippen molar-refractivity contribution in [3.8, 4) is 17.2 Å². The van der Waals surface area contributed by atoms with Gasteiger partial charge in [-0.1, -0.05) is 62.3 Å². The summed E-state index contributed by atoms with van der Waals surface area (Å²) in [4.78, 5) is 62.7. The average molecular weight is 888 g/mol. The van der Waals surface area contributed by atoms with E-state index in [0.29, 0.717) is 5.33 Å². The molecule has 0 heterocycles. The molecule has 0 saturated carbocycles. The Kier molecular flexibility index (Phi) is 23.0. The van der Waals surface area contributed by atoms with E-state index in [9.17, 15) is 44.7 Å². The Morgan fingerprint density at radius 3 is 1.04 bits per heavy atom. The summed E-state index contributed by atoms with van der Waals surface area (Å²) in [5.74, 6) is -1.74. The third-order valence-electron chi connectivity index (χ3n) is 6.06. The molecule has 0 aromatic heterocycles. The van der Waals surface area contributed by atoms with Crippen molar-refractivity contribution in [2.45, 2.75) is 64.0 Å². The highest BCUT2D eigenvalue weighted by atomic mass is 79.9. The molecule has 0 fully saturated rings.